The van der Waals surface area contributed by atoms with Crippen LogP contribution in [0.15, 0.2) is 24.5 Å². The van der Waals surface area contributed by atoms with Crippen LogP contribution < -0.4 is 0 Å². The molecule has 0 saturated heterocycles. The molecule has 0 aromatic carbocycles. The smallest absolute Gasteiger partial charge is 0.157 e. The maximum Gasteiger partial charge on any atom is 0.157 e. The molecule has 0 aliphatic rings. The quantitative estimate of drug-likeness (QED) is 0.777. The van der Waals surface area contributed by atoms with Crippen molar-refractivity contribution in [2.24, 2.45) is 0 Å². The molecule has 0 spiro atoms. The molecule has 0 aliphatic heterocycles. The highest BCUT2D eigenvalue weighted by atomic mass is 15.3. The van der Waals surface area contributed by atoms with Crippen molar-refractivity contribution < 1.29 is 0 Å². The summed E-state index contributed by atoms with van der Waals surface area (Å²) in [6.07, 6.45) is 6.19. The first-order valence-corrected chi connectivity index (χ1v) is 7.65. The molecule has 21 heavy (non-hydrogen) atoms. The Labute approximate surface area is 125 Å². The molecule has 0 amide bonds. The van der Waals surface area contributed by atoms with Gasteiger partial charge in [-0.3, -0.25) is 0 Å². The minimum absolute atomic E-state index is 0.537. The van der Waals surface area contributed by atoms with E-state index in [0.717, 1.165) is 41.1 Å². The van der Waals surface area contributed by atoms with E-state index in [2.05, 4.69) is 44.8 Å². The third kappa shape index (κ3) is 2.24. The normalized spacial score (nSPS) is 11.7. The van der Waals surface area contributed by atoms with Crippen molar-refractivity contribution in [3.05, 3.63) is 41.5 Å². The van der Waals surface area contributed by atoms with Gasteiger partial charge in [-0.2, -0.15) is 5.10 Å². The first kappa shape index (κ1) is 13.9. The number of rotatable bonds is 4. The highest BCUT2D eigenvalue weighted by Crippen LogP contribution is 2.31. The molecule has 0 saturated carbocycles. The van der Waals surface area contributed by atoms with E-state index in [1.54, 1.807) is 0 Å². The number of fused-ring (bicyclic) bond motifs is 1. The van der Waals surface area contributed by atoms with Crippen LogP contribution in [0, 0.1) is 13.8 Å². The highest BCUT2D eigenvalue weighted by molar-refractivity contribution is 5.67. The molecule has 3 rings (SSSR count). The molecule has 1 N–H and O–H groups in total. The minimum Gasteiger partial charge on any atom is -0.367 e. The van der Waals surface area contributed by atoms with Crippen LogP contribution in [0.1, 0.15) is 49.6 Å². The lowest BCUT2D eigenvalue weighted by Crippen LogP contribution is -2.04. The minimum atomic E-state index is 0.537. The van der Waals surface area contributed by atoms with Crippen molar-refractivity contribution in [3.63, 3.8) is 0 Å². The summed E-state index contributed by atoms with van der Waals surface area (Å²) in [5.41, 5.74) is 6.61. The van der Waals surface area contributed by atoms with Gasteiger partial charge >= 0.3 is 0 Å². The van der Waals surface area contributed by atoms with Crippen molar-refractivity contribution >= 4 is 5.65 Å². The van der Waals surface area contributed by atoms with Gasteiger partial charge in [-0.25, -0.2) is 9.50 Å². The van der Waals surface area contributed by atoms with Gasteiger partial charge in [-0.15, -0.1) is 0 Å². The van der Waals surface area contributed by atoms with Gasteiger partial charge in [0.1, 0.15) is 0 Å². The van der Waals surface area contributed by atoms with Crippen LogP contribution in [0.5, 0.6) is 0 Å². The van der Waals surface area contributed by atoms with Crippen molar-refractivity contribution in [2.75, 3.05) is 0 Å². The number of imidazole rings is 1. The molecule has 0 bridgehead atoms. The van der Waals surface area contributed by atoms with Crippen LogP contribution in [0.25, 0.3) is 16.9 Å². The predicted molar refractivity (Wildman–Crippen MR) is 85.6 cm³/mol. The molecule has 4 heteroatoms. The Morgan fingerprint density at radius 2 is 2.00 bits per heavy atom. The zero-order chi connectivity index (χ0) is 15.0. The fourth-order valence-corrected chi connectivity index (χ4v) is 3.11. The number of H-pyrrole nitrogens is 1. The third-order valence-electron chi connectivity index (χ3n) is 4.21. The van der Waals surface area contributed by atoms with Gasteiger partial charge in [0.05, 0.1) is 17.1 Å². The van der Waals surface area contributed by atoms with Gasteiger partial charge in [-0.05, 0) is 44.7 Å². The van der Waals surface area contributed by atoms with E-state index in [1.807, 2.05) is 16.9 Å². The van der Waals surface area contributed by atoms with Crippen molar-refractivity contribution in [1.29, 1.82) is 0 Å². The van der Waals surface area contributed by atoms with Gasteiger partial charge in [0.2, 0.25) is 0 Å². The van der Waals surface area contributed by atoms with Crippen LogP contribution in [-0.4, -0.2) is 19.6 Å². The summed E-state index contributed by atoms with van der Waals surface area (Å²) in [7, 11) is 0. The predicted octanol–water partition coefficient (Wildman–Crippen LogP) is 4.24. The lowest BCUT2D eigenvalue weighted by molar-refractivity contribution is 0.638. The van der Waals surface area contributed by atoms with Crippen LogP contribution >= 0.6 is 0 Å². The molecule has 3 aromatic rings. The molecule has 0 atom stereocenters. The Morgan fingerprint density at radius 3 is 2.62 bits per heavy atom. The third-order valence-corrected chi connectivity index (χ3v) is 4.21. The molecule has 3 heterocycles. The molecular weight excluding hydrogens is 260 g/mol. The topological polar surface area (TPSA) is 46.0 Å². The first-order valence-electron chi connectivity index (χ1n) is 7.65. The Hall–Kier alpha value is -2.10. The van der Waals surface area contributed by atoms with Crippen molar-refractivity contribution in [2.45, 2.75) is 46.5 Å². The van der Waals surface area contributed by atoms with E-state index in [0.29, 0.717) is 5.92 Å². The fourth-order valence-electron chi connectivity index (χ4n) is 3.11. The summed E-state index contributed by atoms with van der Waals surface area (Å²) in [6.45, 7) is 8.59. The SMILES string of the molecule is CCC(CC)c1cc(C)nn2c(-c3cc[nH]c3)c(C)nc12. The lowest BCUT2D eigenvalue weighted by atomic mass is 9.95. The van der Waals surface area contributed by atoms with Crippen molar-refractivity contribution in [1.82, 2.24) is 19.6 Å². The first-order chi connectivity index (χ1) is 10.2. The standard InChI is InChI=1S/C17H22N4/c1-5-13(6-2)15-9-11(3)20-21-16(12(4)19-17(15)21)14-7-8-18-10-14/h7-10,13,18H,5-6H2,1-4H3. The Bertz CT molecular complexity index is 749. The molecular formula is C17H22N4. The zero-order valence-corrected chi connectivity index (χ0v) is 13.1. The molecule has 0 unspecified atom stereocenters. The maximum atomic E-state index is 4.81. The maximum absolute atomic E-state index is 4.81. The fraction of sp³-hybridized carbons (Fsp3) is 0.412. The van der Waals surface area contributed by atoms with E-state index in [1.165, 1.54) is 5.56 Å². The summed E-state index contributed by atoms with van der Waals surface area (Å²) in [4.78, 5) is 7.93. The molecule has 0 fully saturated rings. The van der Waals surface area contributed by atoms with Crippen LogP contribution in [0.3, 0.4) is 0 Å². The van der Waals surface area contributed by atoms with Gasteiger partial charge < -0.3 is 4.98 Å². The number of nitrogens with one attached hydrogen (secondary N) is 1. The van der Waals surface area contributed by atoms with E-state index in [-0.39, 0.29) is 0 Å². The molecule has 3 aromatic heterocycles. The summed E-state index contributed by atoms with van der Waals surface area (Å²) in [6, 6.07) is 4.26. The molecule has 4 nitrogen and oxygen atoms in total. The van der Waals surface area contributed by atoms with E-state index in [9.17, 15) is 0 Å². The van der Waals surface area contributed by atoms with Crippen LogP contribution in [0.2, 0.25) is 0 Å². The number of aryl methyl sites for hydroxylation is 2. The van der Waals surface area contributed by atoms with Gasteiger partial charge in [0, 0.05) is 23.5 Å². The number of hydrogen-bond acceptors (Lipinski definition) is 2. The number of hydrogen-bond donors (Lipinski definition) is 1. The Kier molecular flexibility index (Phi) is 3.53. The Balaban J connectivity index is 2.31. The largest absolute Gasteiger partial charge is 0.367 e. The summed E-state index contributed by atoms with van der Waals surface area (Å²) in [5.74, 6) is 0.537. The van der Waals surface area contributed by atoms with Crippen molar-refractivity contribution in [3.8, 4) is 11.3 Å². The average Bonchev–Trinajstić information content (AvgIpc) is 3.07. The van der Waals surface area contributed by atoms with Gasteiger partial charge in [0.25, 0.3) is 0 Å². The summed E-state index contributed by atoms with van der Waals surface area (Å²) in [5, 5.41) is 4.70. The second kappa shape index (κ2) is 5.35. The number of aromatic amines is 1. The zero-order valence-electron chi connectivity index (χ0n) is 13.1. The molecule has 110 valence electrons. The van der Waals surface area contributed by atoms with E-state index in [4.69, 9.17) is 10.1 Å². The van der Waals surface area contributed by atoms with E-state index >= 15 is 0 Å². The number of nitrogens with zero attached hydrogens (tertiary/aromatic N) is 3. The summed E-state index contributed by atoms with van der Waals surface area (Å²) < 4.78 is 2.02. The van der Waals surface area contributed by atoms with Gasteiger partial charge in [0.15, 0.2) is 5.65 Å². The second-order valence-corrected chi connectivity index (χ2v) is 5.64. The molecule has 0 aliphatic carbocycles. The van der Waals surface area contributed by atoms with E-state index < -0.39 is 0 Å². The summed E-state index contributed by atoms with van der Waals surface area (Å²) >= 11 is 0. The monoisotopic (exact) mass is 282 g/mol. The van der Waals surface area contributed by atoms with Crippen LogP contribution in [-0.2, 0) is 0 Å². The molecule has 0 radical (unpaired) electrons. The van der Waals surface area contributed by atoms with Crippen LogP contribution in [0.4, 0.5) is 0 Å². The Morgan fingerprint density at radius 1 is 1.24 bits per heavy atom. The lowest BCUT2D eigenvalue weighted by Gasteiger charge is -2.14. The highest BCUT2D eigenvalue weighted by Gasteiger charge is 2.19. The second-order valence-electron chi connectivity index (χ2n) is 5.64. The number of aromatic nitrogens is 4. The average molecular weight is 282 g/mol. The van der Waals surface area contributed by atoms with Gasteiger partial charge in [-0.1, -0.05) is 13.8 Å².